The molecule has 0 aliphatic carbocycles. The van der Waals surface area contributed by atoms with Crippen molar-refractivity contribution in [1.82, 2.24) is 4.98 Å². The van der Waals surface area contributed by atoms with E-state index in [-0.39, 0.29) is 5.75 Å². The SMILES string of the molecule is Cc1nc(-c2cccc(N=Cc3cc(Br)cc(Br)c3O)c2)cs1. The van der Waals surface area contributed by atoms with Crippen LogP contribution in [0.15, 0.2) is 55.7 Å². The number of hydrogen-bond donors (Lipinski definition) is 1. The number of rotatable bonds is 3. The van der Waals surface area contributed by atoms with Gasteiger partial charge in [-0.1, -0.05) is 28.1 Å². The molecule has 3 aromatic rings. The van der Waals surface area contributed by atoms with Gasteiger partial charge in [-0.2, -0.15) is 0 Å². The highest BCUT2D eigenvalue weighted by molar-refractivity contribution is 9.11. The van der Waals surface area contributed by atoms with Crippen LogP contribution in [0.3, 0.4) is 0 Å². The highest BCUT2D eigenvalue weighted by Gasteiger charge is 2.06. The van der Waals surface area contributed by atoms with Crippen molar-refractivity contribution in [2.24, 2.45) is 4.99 Å². The van der Waals surface area contributed by atoms with E-state index < -0.39 is 0 Å². The molecule has 1 N–H and O–H groups in total. The summed E-state index contributed by atoms with van der Waals surface area (Å²) in [4.78, 5) is 8.95. The number of aromatic hydroxyl groups is 1. The van der Waals surface area contributed by atoms with Crippen LogP contribution in [0, 0.1) is 6.92 Å². The number of nitrogens with zero attached hydrogens (tertiary/aromatic N) is 2. The molecule has 0 aliphatic heterocycles. The third-order valence-corrected chi connectivity index (χ3v) is 5.01. The van der Waals surface area contributed by atoms with Gasteiger partial charge in [-0.05, 0) is 47.1 Å². The molecule has 0 aliphatic rings. The topological polar surface area (TPSA) is 45.5 Å². The fourth-order valence-corrected chi connectivity index (χ4v) is 3.95. The molecular weight excluding hydrogens is 440 g/mol. The Labute approximate surface area is 155 Å². The Hall–Kier alpha value is -1.50. The smallest absolute Gasteiger partial charge is 0.138 e. The summed E-state index contributed by atoms with van der Waals surface area (Å²) in [5.41, 5.74) is 3.44. The number of aliphatic imine (C=N–C) groups is 1. The van der Waals surface area contributed by atoms with Crippen molar-refractivity contribution >= 4 is 55.1 Å². The van der Waals surface area contributed by atoms with Gasteiger partial charge in [-0.15, -0.1) is 11.3 Å². The second-order valence-corrected chi connectivity index (χ2v) is 7.72. The van der Waals surface area contributed by atoms with Crippen molar-refractivity contribution in [3.63, 3.8) is 0 Å². The van der Waals surface area contributed by atoms with E-state index in [0.29, 0.717) is 10.0 Å². The molecule has 0 saturated heterocycles. The van der Waals surface area contributed by atoms with Gasteiger partial charge in [0, 0.05) is 27.2 Å². The molecule has 0 fully saturated rings. The lowest BCUT2D eigenvalue weighted by Crippen LogP contribution is -1.84. The van der Waals surface area contributed by atoms with Gasteiger partial charge in [-0.25, -0.2) is 4.98 Å². The van der Waals surface area contributed by atoms with Gasteiger partial charge in [0.15, 0.2) is 0 Å². The molecule has 1 heterocycles. The van der Waals surface area contributed by atoms with E-state index in [9.17, 15) is 5.11 Å². The molecule has 3 nitrogen and oxygen atoms in total. The van der Waals surface area contributed by atoms with Gasteiger partial charge in [0.1, 0.15) is 5.75 Å². The van der Waals surface area contributed by atoms with Crippen molar-refractivity contribution in [2.45, 2.75) is 6.92 Å². The number of thiazole rings is 1. The van der Waals surface area contributed by atoms with E-state index in [0.717, 1.165) is 26.4 Å². The van der Waals surface area contributed by atoms with Gasteiger partial charge >= 0.3 is 0 Å². The zero-order valence-electron chi connectivity index (χ0n) is 12.1. The minimum Gasteiger partial charge on any atom is -0.506 e. The second kappa shape index (κ2) is 6.95. The summed E-state index contributed by atoms with van der Waals surface area (Å²) in [5.74, 6) is 0.170. The zero-order valence-corrected chi connectivity index (χ0v) is 16.1. The normalized spacial score (nSPS) is 11.3. The summed E-state index contributed by atoms with van der Waals surface area (Å²) < 4.78 is 1.50. The average molecular weight is 452 g/mol. The zero-order chi connectivity index (χ0) is 16.4. The maximum atomic E-state index is 10.1. The Balaban J connectivity index is 1.92. The number of aryl methyl sites for hydroxylation is 1. The van der Waals surface area contributed by atoms with E-state index in [2.05, 4.69) is 41.8 Å². The first-order valence-corrected chi connectivity index (χ1v) is 9.24. The minimum atomic E-state index is 0.170. The first-order chi connectivity index (χ1) is 11.0. The molecule has 0 radical (unpaired) electrons. The maximum Gasteiger partial charge on any atom is 0.138 e. The summed E-state index contributed by atoms with van der Waals surface area (Å²) in [6.07, 6.45) is 1.65. The van der Waals surface area contributed by atoms with Crippen LogP contribution in [0.4, 0.5) is 5.69 Å². The molecule has 6 heteroatoms. The lowest BCUT2D eigenvalue weighted by atomic mass is 10.1. The van der Waals surface area contributed by atoms with Gasteiger partial charge in [0.25, 0.3) is 0 Å². The molecule has 0 bridgehead atoms. The quantitative estimate of drug-likeness (QED) is 0.489. The lowest BCUT2D eigenvalue weighted by molar-refractivity contribution is 0.471. The molecule has 1 aromatic heterocycles. The van der Waals surface area contributed by atoms with Crippen molar-refractivity contribution in [2.75, 3.05) is 0 Å². The van der Waals surface area contributed by atoms with Crippen LogP contribution in [0.5, 0.6) is 5.75 Å². The Morgan fingerprint density at radius 2 is 2.04 bits per heavy atom. The molecule has 116 valence electrons. The minimum absolute atomic E-state index is 0.170. The number of phenols is 1. The predicted octanol–water partition coefficient (Wildman–Crippen LogP) is 6.10. The fourth-order valence-electron chi connectivity index (χ4n) is 2.07. The molecule has 0 atom stereocenters. The molecular formula is C17H12Br2N2OS. The number of halogens is 2. The number of phenolic OH excluding ortho intramolecular Hbond substituents is 1. The summed E-state index contributed by atoms with van der Waals surface area (Å²) in [7, 11) is 0. The van der Waals surface area contributed by atoms with Crippen molar-refractivity contribution in [3.8, 4) is 17.0 Å². The van der Waals surface area contributed by atoms with Gasteiger partial charge in [0.2, 0.25) is 0 Å². The van der Waals surface area contributed by atoms with Crippen LogP contribution < -0.4 is 0 Å². The Morgan fingerprint density at radius 3 is 2.78 bits per heavy atom. The van der Waals surface area contributed by atoms with E-state index >= 15 is 0 Å². The number of benzene rings is 2. The van der Waals surface area contributed by atoms with Crippen LogP contribution in [0.1, 0.15) is 10.6 Å². The molecule has 0 amide bonds. The largest absolute Gasteiger partial charge is 0.506 e. The van der Waals surface area contributed by atoms with Crippen LogP contribution in [-0.4, -0.2) is 16.3 Å². The summed E-state index contributed by atoms with van der Waals surface area (Å²) >= 11 is 8.35. The summed E-state index contributed by atoms with van der Waals surface area (Å²) in [6, 6.07) is 11.5. The fraction of sp³-hybridized carbons (Fsp3) is 0.0588. The van der Waals surface area contributed by atoms with Crippen molar-refractivity contribution < 1.29 is 5.11 Å². The first-order valence-electron chi connectivity index (χ1n) is 6.77. The van der Waals surface area contributed by atoms with E-state index in [4.69, 9.17) is 0 Å². The molecule has 0 saturated carbocycles. The molecule has 0 unspecified atom stereocenters. The van der Waals surface area contributed by atoms with E-state index in [1.165, 1.54) is 0 Å². The predicted molar refractivity (Wildman–Crippen MR) is 103 cm³/mol. The van der Waals surface area contributed by atoms with Crippen LogP contribution in [0.25, 0.3) is 11.3 Å². The van der Waals surface area contributed by atoms with Crippen LogP contribution in [0.2, 0.25) is 0 Å². The average Bonchev–Trinajstić information content (AvgIpc) is 2.96. The molecule has 23 heavy (non-hydrogen) atoms. The van der Waals surface area contributed by atoms with Gasteiger partial charge < -0.3 is 5.11 Å². The summed E-state index contributed by atoms with van der Waals surface area (Å²) in [6.45, 7) is 1.99. The van der Waals surface area contributed by atoms with Crippen molar-refractivity contribution in [3.05, 3.63) is 61.3 Å². The van der Waals surface area contributed by atoms with E-state index in [1.807, 2.05) is 42.6 Å². The molecule has 0 spiro atoms. The molecule has 2 aromatic carbocycles. The Bertz CT molecular complexity index is 890. The van der Waals surface area contributed by atoms with Gasteiger partial charge in [0.05, 0.1) is 20.9 Å². The number of hydrogen-bond acceptors (Lipinski definition) is 4. The highest BCUT2D eigenvalue weighted by atomic mass is 79.9. The van der Waals surface area contributed by atoms with E-state index in [1.54, 1.807) is 23.6 Å². The summed E-state index contributed by atoms with van der Waals surface area (Å²) in [5, 5.41) is 13.1. The first kappa shape index (κ1) is 16.4. The standard InChI is InChI=1S/C17H12Br2N2OS/c1-10-21-16(9-23-10)11-3-2-4-14(6-11)20-8-12-5-13(18)7-15(19)17(12)22/h2-9,22H,1H3. The van der Waals surface area contributed by atoms with Crippen molar-refractivity contribution in [1.29, 1.82) is 0 Å². The second-order valence-electron chi connectivity index (χ2n) is 4.89. The Kier molecular flexibility index (Phi) is 4.94. The van der Waals surface area contributed by atoms with Gasteiger partial charge in [-0.3, -0.25) is 4.99 Å². The third kappa shape index (κ3) is 3.88. The van der Waals surface area contributed by atoms with Crippen LogP contribution >= 0.6 is 43.2 Å². The monoisotopic (exact) mass is 450 g/mol. The maximum absolute atomic E-state index is 10.1. The molecule has 3 rings (SSSR count). The third-order valence-electron chi connectivity index (χ3n) is 3.17. The number of aromatic nitrogens is 1. The highest BCUT2D eigenvalue weighted by Crippen LogP contribution is 2.31. The lowest BCUT2D eigenvalue weighted by Gasteiger charge is -2.03. The Morgan fingerprint density at radius 1 is 1.22 bits per heavy atom. The van der Waals surface area contributed by atoms with Crippen LogP contribution in [-0.2, 0) is 0 Å².